The van der Waals surface area contributed by atoms with Gasteiger partial charge in [-0.3, -0.25) is 4.79 Å². The number of oxime groups is 1. The van der Waals surface area contributed by atoms with E-state index in [1.165, 1.54) is 0 Å². The van der Waals surface area contributed by atoms with Gasteiger partial charge in [0.2, 0.25) is 5.60 Å². The smallest absolute Gasteiger partial charge is 0.267 e. The number of carbonyl (C=O) groups excluding carboxylic acids is 1. The molecule has 2 aliphatic rings. The van der Waals surface area contributed by atoms with E-state index in [0.29, 0.717) is 13.0 Å². The highest BCUT2D eigenvalue weighted by molar-refractivity contribution is 6.05. The van der Waals surface area contributed by atoms with Crippen molar-refractivity contribution in [1.29, 1.82) is 0 Å². The predicted octanol–water partition coefficient (Wildman–Crippen LogP) is 1.57. The number of benzene rings is 1. The van der Waals surface area contributed by atoms with E-state index in [1.807, 2.05) is 30.3 Å². The minimum absolute atomic E-state index is 0.145. The van der Waals surface area contributed by atoms with Crippen LogP contribution in [0.25, 0.3) is 0 Å². The van der Waals surface area contributed by atoms with Crippen molar-refractivity contribution >= 4 is 11.6 Å². The molecule has 21 heavy (non-hydrogen) atoms. The first-order chi connectivity index (χ1) is 10.0. The lowest BCUT2D eigenvalue weighted by Gasteiger charge is -2.38. The molecule has 3 rings (SSSR count). The molecule has 0 radical (unpaired) electrons. The summed E-state index contributed by atoms with van der Waals surface area (Å²) in [5.41, 5.74) is 6.75. The first-order valence-corrected chi connectivity index (χ1v) is 7.39. The summed E-state index contributed by atoms with van der Waals surface area (Å²) in [7, 11) is 0. The largest absolute Gasteiger partial charge is 0.379 e. The average molecular weight is 287 g/mol. The second-order valence-corrected chi connectivity index (χ2v) is 6.30. The van der Waals surface area contributed by atoms with Crippen molar-refractivity contribution in [3.05, 3.63) is 35.9 Å². The third-order valence-electron chi connectivity index (χ3n) is 4.40. The molecule has 0 spiro atoms. The van der Waals surface area contributed by atoms with Gasteiger partial charge in [0.05, 0.1) is 5.71 Å². The Balaban J connectivity index is 1.60. The zero-order valence-corrected chi connectivity index (χ0v) is 12.3. The van der Waals surface area contributed by atoms with Gasteiger partial charge >= 0.3 is 0 Å². The summed E-state index contributed by atoms with van der Waals surface area (Å²) in [6.07, 6.45) is 3.55. The van der Waals surface area contributed by atoms with Crippen LogP contribution in [0.5, 0.6) is 0 Å². The topological polar surface area (TPSA) is 76.7 Å². The highest BCUT2D eigenvalue weighted by Crippen LogP contribution is 2.30. The highest BCUT2D eigenvalue weighted by Gasteiger charge is 2.43. The van der Waals surface area contributed by atoms with Crippen LogP contribution in [0.15, 0.2) is 35.5 Å². The fourth-order valence-electron chi connectivity index (χ4n) is 2.70. The van der Waals surface area contributed by atoms with Crippen molar-refractivity contribution in [1.82, 2.24) is 5.32 Å². The molecule has 5 heteroatoms. The van der Waals surface area contributed by atoms with Gasteiger partial charge < -0.3 is 15.9 Å². The van der Waals surface area contributed by atoms with Gasteiger partial charge in [-0.1, -0.05) is 35.5 Å². The minimum Gasteiger partial charge on any atom is -0.379 e. The van der Waals surface area contributed by atoms with E-state index in [-0.39, 0.29) is 11.4 Å². The molecule has 0 saturated heterocycles. The van der Waals surface area contributed by atoms with Crippen LogP contribution < -0.4 is 11.1 Å². The lowest BCUT2D eigenvalue weighted by molar-refractivity contribution is -0.142. The van der Waals surface area contributed by atoms with Crippen LogP contribution >= 0.6 is 0 Å². The molecule has 1 aliphatic carbocycles. The molecule has 1 amide bonds. The van der Waals surface area contributed by atoms with Gasteiger partial charge in [0.15, 0.2) is 0 Å². The summed E-state index contributed by atoms with van der Waals surface area (Å²) in [6.45, 7) is 2.27. The second kappa shape index (κ2) is 5.15. The van der Waals surface area contributed by atoms with E-state index in [0.717, 1.165) is 30.5 Å². The molecule has 0 aromatic heterocycles. The first-order valence-electron chi connectivity index (χ1n) is 7.39. The Hall–Kier alpha value is -1.88. The molecule has 1 aromatic rings. The number of nitrogens with zero attached hydrogens (tertiary/aromatic N) is 1. The Morgan fingerprint density at radius 3 is 2.71 bits per heavy atom. The van der Waals surface area contributed by atoms with Crippen LogP contribution in [0.3, 0.4) is 0 Å². The zero-order valence-electron chi connectivity index (χ0n) is 12.3. The molecule has 3 N–H and O–H groups in total. The highest BCUT2D eigenvalue weighted by atomic mass is 16.7. The summed E-state index contributed by atoms with van der Waals surface area (Å²) < 4.78 is 0. The van der Waals surface area contributed by atoms with Crippen LogP contribution in [0.4, 0.5) is 0 Å². The molecule has 5 nitrogen and oxygen atoms in total. The Morgan fingerprint density at radius 1 is 1.38 bits per heavy atom. The van der Waals surface area contributed by atoms with Crippen molar-refractivity contribution < 1.29 is 9.63 Å². The van der Waals surface area contributed by atoms with Crippen LogP contribution in [0, 0.1) is 0 Å². The summed E-state index contributed by atoms with van der Waals surface area (Å²) in [5.74, 6) is -0.145. The Bertz CT molecular complexity index is 566. The number of hydrogen-bond acceptors (Lipinski definition) is 4. The maximum absolute atomic E-state index is 12.4. The molecule has 1 heterocycles. The third kappa shape index (κ3) is 2.78. The van der Waals surface area contributed by atoms with Gasteiger partial charge in [-0.2, -0.15) is 0 Å². The Kier molecular flexibility index (Phi) is 3.45. The molecule has 1 atom stereocenters. The molecule has 1 fully saturated rings. The lowest BCUT2D eigenvalue weighted by atomic mass is 9.77. The number of amides is 1. The standard InChI is InChI=1S/C16H21N3O2/c1-15(14(20)18-11-16(17)8-5-9-16)10-13(19-21-15)12-6-3-2-4-7-12/h2-4,6-7H,5,8-11,17H2,1H3,(H,18,20). The van der Waals surface area contributed by atoms with Crippen molar-refractivity contribution in [2.45, 2.75) is 43.7 Å². The van der Waals surface area contributed by atoms with Gasteiger partial charge in [-0.05, 0) is 31.7 Å². The molecular formula is C16H21N3O2. The number of carbonyl (C=O) groups is 1. The maximum Gasteiger partial charge on any atom is 0.267 e. The van der Waals surface area contributed by atoms with Gasteiger partial charge in [-0.25, -0.2) is 0 Å². The molecule has 1 saturated carbocycles. The van der Waals surface area contributed by atoms with Crippen molar-refractivity contribution in [3.8, 4) is 0 Å². The van der Waals surface area contributed by atoms with Gasteiger partial charge in [-0.15, -0.1) is 0 Å². The molecule has 0 bridgehead atoms. The Morgan fingerprint density at radius 2 is 2.10 bits per heavy atom. The summed E-state index contributed by atoms with van der Waals surface area (Å²) >= 11 is 0. The van der Waals surface area contributed by atoms with E-state index in [4.69, 9.17) is 10.6 Å². The van der Waals surface area contributed by atoms with Gasteiger partial charge in [0.25, 0.3) is 5.91 Å². The SMILES string of the molecule is CC1(C(=O)NCC2(N)CCC2)CC(c2ccccc2)=NO1. The van der Waals surface area contributed by atoms with Crippen molar-refractivity contribution in [3.63, 3.8) is 0 Å². The molecule has 1 aliphatic heterocycles. The fraction of sp³-hybridized carbons (Fsp3) is 0.500. The van der Waals surface area contributed by atoms with E-state index in [2.05, 4.69) is 10.5 Å². The van der Waals surface area contributed by atoms with E-state index < -0.39 is 5.60 Å². The van der Waals surface area contributed by atoms with Crippen molar-refractivity contribution in [2.24, 2.45) is 10.9 Å². The molecular weight excluding hydrogens is 266 g/mol. The van der Waals surface area contributed by atoms with Crippen LogP contribution in [0.1, 0.15) is 38.2 Å². The Labute approximate surface area is 124 Å². The second-order valence-electron chi connectivity index (χ2n) is 6.30. The number of hydrogen-bond donors (Lipinski definition) is 2. The summed E-state index contributed by atoms with van der Waals surface area (Å²) in [5, 5.41) is 7.00. The first kappa shape index (κ1) is 14.1. The summed E-state index contributed by atoms with van der Waals surface area (Å²) in [6, 6.07) is 9.78. The average Bonchev–Trinajstić information content (AvgIpc) is 2.87. The van der Waals surface area contributed by atoms with Crippen LogP contribution in [0.2, 0.25) is 0 Å². The number of rotatable bonds is 4. The van der Waals surface area contributed by atoms with E-state index in [9.17, 15) is 4.79 Å². The molecule has 112 valence electrons. The van der Waals surface area contributed by atoms with Crippen molar-refractivity contribution in [2.75, 3.05) is 6.54 Å². The molecule has 1 unspecified atom stereocenters. The quantitative estimate of drug-likeness (QED) is 0.882. The number of nitrogens with two attached hydrogens (primary N) is 1. The predicted molar refractivity (Wildman–Crippen MR) is 80.9 cm³/mol. The minimum atomic E-state index is -0.939. The van der Waals surface area contributed by atoms with Crippen LogP contribution in [-0.2, 0) is 9.63 Å². The number of nitrogens with one attached hydrogen (secondary N) is 1. The van der Waals surface area contributed by atoms with E-state index >= 15 is 0 Å². The molecule has 1 aromatic carbocycles. The third-order valence-corrected chi connectivity index (χ3v) is 4.40. The summed E-state index contributed by atoms with van der Waals surface area (Å²) in [4.78, 5) is 17.8. The van der Waals surface area contributed by atoms with Gasteiger partial charge in [0.1, 0.15) is 0 Å². The maximum atomic E-state index is 12.4. The van der Waals surface area contributed by atoms with Gasteiger partial charge in [0, 0.05) is 18.5 Å². The van der Waals surface area contributed by atoms with E-state index in [1.54, 1.807) is 6.92 Å². The monoisotopic (exact) mass is 287 g/mol. The normalized spacial score (nSPS) is 26.5. The van der Waals surface area contributed by atoms with Crippen LogP contribution in [-0.4, -0.2) is 29.3 Å². The lowest BCUT2D eigenvalue weighted by Crippen LogP contribution is -2.57. The zero-order chi connectivity index (χ0) is 14.9. The fourth-order valence-corrected chi connectivity index (χ4v) is 2.70.